The van der Waals surface area contributed by atoms with Crippen molar-refractivity contribution in [3.05, 3.63) is 0 Å². The molecule has 1 rings (SSSR count). The molecule has 0 spiro atoms. The average Bonchev–Trinajstić information content (AvgIpc) is 2.33. The Morgan fingerprint density at radius 1 is 1.00 bits per heavy atom. The number of nitrogen functional groups attached to an aromatic ring is 3. The van der Waals surface area contributed by atoms with E-state index in [-0.39, 0.29) is 29.9 Å². The number of hydrogen-bond acceptors (Lipinski definition) is 8. The summed E-state index contributed by atoms with van der Waals surface area (Å²) < 4.78 is 10.6. The van der Waals surface area contributed by atoms with E-state index in [1.54, 1.807) is 0 Å². The highest BCUT2D eigenvalue weighted by molar-refractivity contribution is 5.65. The fourth-order valence-corrected chi connectivity index (χ4v) is 1.19. The zero-order valence-electron chi connectivity index (χ0n) is 10.1. The van der Waals surface area contributed by atoms with Gasteiger partial charge in [-0.2, -0.15) is 9.97 Å². The fourth-order valence-electron chi connectivity index (χ4n) is 1.19. The van der Waals surface area contributed by atoms with E-state index in [1.807, 2.05) is 0 Å². The molecule has 102 valence electrons. The predicted molar refractivity (Wildman–Crippen MR) is 67.9 cm³/mol. The smallest absolute Gasteiger partial charge is 0.244 e. The summed E-state index contributed by atoms with van der Waals surface area (Å²) in [7, 11) is 0. The Balaban J connectivity index is 2.27. The van der Waals surface area contributed by atoms with Gasteiger partial charge < -0.3 is 31.8 Å². The molecule has 0 bridgehead atoms. The lowest BCUT2D eigenvalue weighted by atomic mass is 10.4. The van der Waals surface area contributed by atoms with Gasteiger partial charge in [0.25, 0.3) is 0 Å². The molecular formula is C10H19N5O3. The van der Waals surface area contributed by atoms with Crippen molar-refractivity contribution in [1.82, 2.24) is 9.97 Å². The summed E-state index contributed by atoms with van der Waals surface area (Å²) in [5.74, 6) is 0.322. The monoisotopic (exact) mass is 257 g/mol. The van der Waals surface area contributed by atoms with Gasteiger partial charge in [0.05, 0.1) is 6.61 Å². The lowest BCUT2D eigenvalue weighted by Gasteiger charge is -2.09. The first-order valence-corrected chi connectivity index (χ1v) is 5.65. The van der Waals surface area contributed by atoms with Crippen molar-refractivity contribution in [3.63, 3.8) is 0 Å². The molecule has 7 N–H and O–H groups in total. The van der Waals surface area contributed by atoms with Crippen molar-refractivity contribution in [3.8, 4) is 5.88 Å². The first-order chi connectivity index (χ1) is 8.65. The molecule has 0 aliphatic carbocycles. The highest BCUT2D eigenvalue weighted by Crippen LogP contribution is 2.24. The Hall–Kier alpha value is -1.80. The van der Waals surface area contributed by atoms with Gasteiger partial charge in [-0.3, -0.25) is 0 Å². The van der Waals surface area contributed by atoms with Crippen molar-refractivity contribution in [2.45, 2.75) is 12.8 Å². The van der Waals surface area contributed by atoms with Crippen molar-refractivity contribution >= 4 is 17.5 Å². The third-order valence-corrected chi connectivity index (χ3v) is 2.08. The number of aromatic nitrogens is 2. The van der Waals surface area contributed by atoms with Crippen LogP contribution in [0.2, 0.25) is 0 Å². The van der Waals surface area contributed by atoms with Crippen molar-refractivity contribution in [1.29, 1.82) is 0 Å². The van der Waals surface area contributed by atoms with Crippen LogP contribution < -0.4 is 21.9 Å². The summed E-state index contributed by atoms with van der Waals surface area (Å²) in [6, 6.07) is 0. The molecule has 0 saturated carbocycles. The van der Waals surface area contributed by atoms with Crippen LogP contribution in [0.25, 0.3) is 0 Å². The summed E-state index contributed by atoms with van der Waals surface area (Å²) >= 11 is 0. The van der Waals surface area contributed by atoms with Crippen LogP contribution in [0.1, 0.15) is 12.8 Å². The molecule has 0 aliphatic rings. The molecule has 0 radical (unpaired) electrons. The van der Waals surface area contributed by atoms with Crippen LogP contribution in [0, 0.1) is 0 Å². The maximum atomic E-state index is 8.54. The molecule has 0 atom stereocenters. The minimum absolute atomic E-state index is 0.0240. The Kier molecular flexibility index (Phi) is 5.95. The maximum Gasteiger partial charge on any atom is 0.244 e. The van der Waals surface area contributed by atoms with Gasteiger partial charge >= 0.3 is 0 Å². The molecule has 0 aliphatic heterocycles. The zero-order chi connectivity index (χ0) is 13.4. The number of anilines is 3. The summed E-state index contributed by atoms with van der Waals surface area (Å²) in [4.78, 5) is 7.55. The zero-order valence-corrected chi connectivity index (χ0v) is 10.1. The number of rotatable bonds is 8. The van der Waals surface area contributed by atoms with Gasteiger partial charge in [0.1, 0.15) is 5.69 Å². The Labute approximate surface area is 105 Å². The van der Waals surface area contributed by atoms with Crippen LogP contribution in [-0.2, 0) is 4.74 Å². The molecular weight excluding hydrogens is 238 g/mol. The molecule has 0 unspecified atom stereocenters. The first kappa shape index (κ1) is 14.3. The third-order valence-electron chi connectivity index (χ3n) is 2.08. The van der Waals surface area contributed by atoms with Gasteiger partial charge in [0.15, 0.2) is 5.82 Å². The van der Waals surface area contributed by atoms with E-state index >= 15 is 0 Å². The summed E-state index contributed by atoms with van der Waals surface area (Å²) in [5, 5.41) is 8.54. The molecule has 1 aromatic rings. The van der Waals surface area contributed by atoms with Gasteiger partial charge in [0, 0.05) is 26.2 Å². The Morgan fingerprint density at radius 3 is 2.44 bits per heavy atom. The van der Waals surface area contributed by atoms with Crippen LogP contribution >= 0.6 is 0 Å². The largest absolute Gasteiger partial charge is 0.476 e. The van der Waals surface area contributed by atoms with Crippen molar-refractivity contribution in [2.75, 3.05) is 43.6 Å². The number of nitrogens with two attached hydrogens (primary N) is 3. The molecule has 0 saturated heterocycles. The van der Waals surface area contributed by atoms with E-state index in [0.29, 0.717) is 32.7 Å². The van der Waals surface area contributed by atoms with Crippen LogP contribution in [0.5, 0.6) is 5.88 Å². The standard InChI is InChI=1S/C10H19N5O3/c11-7-8(12)14-10(13)15-9(7)18-6-2-5-17-4-1-3-16/h16H,1-6,11H2,(H4,12,13,14,15). The number of nitrogens with zero attached hydrogens (tertiary/aromatic N) is 2. The predicted octanol–water partition coefficient (Wildman–Crippen LogP) is -0.609. The van der Waals surface area contributed by atoms with E-state index in [2.05, 4.69) is 9.97 Å². The Bertz CT molecular complexity index is 375. The summed E-state index contributed by atoms with van der Waals surface area (Å²) in [5.41, 5.74) is 16.8. The maximum absolute atomic E-state index is 8.54. The van der Waals surface area contributed by atoms with E-state index in [0.717, 1.165) is 0 Å². The van der Waals surface area contributed by atoms with E-state index in [9.17, 15) is 0 Å². The van der Waals surface area contributed by atoms with Gasteiger partial charge in [0.2, 0.25) is 11.8 Å². The lowest BCUT2D eigenvalue weighted by Crippen LogP contribution is -2.10. The molecule has 0 aromatic carbocycles. The normalized spacial score (nSPS) is 10.5. The number of aliphatic hydroxyl groups excluding tert-OH is 1. The van der Waals surface area contributed by atoms with Crippen LogP contribution in [-0.4, -0.2) is 41.5 Å². The van der Waals surface area contributed by atoms with Crippen LogP contribution in [0.4, 0.5) is 17.5 Å². The van der Waals surface area contributed by atoms with Gasteiger partial charge in [-0.1, -0.05) is 0 Å². The van der Waals surface area contributed by atoms with E-state index in [1.165, 1.54) is 0 Å². The van der Waals surface area contributed by atoms with Gasteiger partial charge in [-0.25, -0.2) is 0 Å². The van der Waals surface area contributed by atoms with E-state index < -0.39 is 0 Å². The second kappa shape index (κ2) is 7.51. The van der Waals surface area contributed by atoms with Crippen molar-refractivity contribution in [2.24, 2.45) is 0 Å². The third kappa shape index (κ3) is 4.60. The minimum atomic E-state index is 0.0240. The molecule has 1 aromatic heterocycles. The topological polar surface area (TPSA) is 143 Å². The average molecular weight is 257 g/mol. The number of ether oxygens (including phenoxy) is 2. The quantitative estimate of drug-likeness (QED) is 0.452. The highest BCUT2D eigenvalue weighted by atomic mass is 16.5. The second-order valence-electron chi connectivity index (χ2n) is 3.58. The van der Waals surface area contributed by atoms with E-state index in [4.69, 9.17) is 31.8 Å². The number of hydrogen-bond donors (Lipinski definition) is 4. The Morgan fingerprint density at radius 2 is 1.72 bits per heavy atom. The summed E-state index contributed by atoms with van der Waals surface area (Å²) in [6.07, 6.45) is 1.31. The molecule has 0 amide bonds. The van der Waals surface area contributed by atoms with Gasteiger partial charge in [-0.15, -0.1) is 0 Å². The first-order valence-electron chi connectivity index (χ1n) is 5.65. The molecule has 18 heavy (non-hydrogen) atoms. The number of aliphatic hydroxyl groups is 1. The highest BCUT2D eigenvalue weighted by Gasteiger charge is 2.08. The molecule has 0 fully saturated rings. The van der Waals surface area contributed by atoms with Crippen molar-refractivity contribution < 1.29 is 14.6 Å². The lowest BCUT2D eigenvalue weighted by molar-refractivity contribution is 0.104. The minimum Gasteiger partial charge on any atom is -0.476 e. The molecule has 8 nitrogen and oxygen atoms in total. The molecule has 1 heterocycles. The SMILES string of the molecule is Nc1nc(N)c(N)c(OCCCOCCCO)n1. The van der Waals surface area contributed by atoms with Crippen LogP contribution in [0.3, 0.4) is 0 Å². The fraction of sp³-hybridized carbons (Fsp3) is 0.600. The second-order valence-corrected chi connectivity index (χ2v) is 3.58. The van der Waals surface area contributed by atoms with Crippen LogP contribution in [0.15, 0.2) is 0 Å². The van der Waals surface area contributed by atoms with Gasteiger partial charge in [-0.05, 0) is 6.42 Å². The molecule has 8 heteroatoms. The summed E-state index contributed by atoms with van der Waals surface area (Å²) in [6.45, 7) is 1.59.